The highest BCUT2D eigenvalue weighted by atomic mass is 32.2. The van der Waals surface area contributed by atoms with E-state index in [0.717, 1.165) is 91.3 Å². The summed E-state index contributed by atoms with van der Waals surface area (Å²) in [6.45, 7) is 21.9. The average molecular weight is 584 g/mol. The van der Waals surface area contributed by atoms with Gasteiger partial charge in [0.25, 0.3) is 0 Å². The maximum absolute atomic E-state index is 14.5. The van der Waals surface area contributed by atoms with Crippen LogP contribution in [0.5, 0.6) is 0 Å². The molecule has 2 rings (SSSR count). The molecule has 0 amide bonds. The van der Waals surface area contributed by atoms with Gasteiger partial charge in [0.1, 0.15) is 5.82 Å². The molecule has 7 heteroatoms. The predicted octanol–water partition coefficient (Wildman–Crippen LogP) is 8.98. The molecule has 0 unspecified atom stereocenters. The van der Waals surface area contributed by atoms with Gasteiger partial charge in [0.05, 0.1) is 4.91 Å². The van der Waals surface area contributed by atoms with Gasteiger partial charge < -0.3 is 15.3 Å². The molecule has 1 heterocycles. The van der Waals surface area contributed by atoms with E-state index >= 15 is 0 Å². The fourth-order valence-electron chi connectivity index (χ4n) is 4.53. The average Bonchev–Trinajstić information content (AvgIpc) is 2.95. The monoisotopic (exact) mass is 583 g/mol. The van der Waals surface area contributed by atoms with E-state index in [9.17, 15) is 9.18 Å². The van der Waals surface area contributed by atoms with Gasteiger partial charge in [-0.15, -0.1) is 0 Å². The smallest absolute Gasteiger partial charge is 0.342 e. The molecule has 41 heavy (non-hydrogen) atoms. The van der Waals surface area contributed by atoms with Gasteiger partial charge >= 0.3 is 5.97 Å². The Bertz CT molecular complexity index is 1160. The number of benzene rings is 1. The maximum atomic E-state index is 14.5. The van der Waals surface area contributed by atoms with Gasteiger partial charge in [-0.2, -0.15) is 0 Å². The van der Waals surface area contributed by atoms with Crippen molar-refractivity contribution in [2.45, 2.75) is 80.6 Å². The summed E-state index contributed by atoms with van der Waals surface area (Å²) in [7, 11) is 0. The van der Waals surface area contributed by atoms with Crippen LogP contribution in [-0.4, -0.2) is 47.9 Å². The Labute approximate surface area is 252 Å². The van der Waals surface area contributed by atoms with Gasteiger partial charge in [0.15, 0.2) is 0 Å². The van der Waals surface area contributed by atoms with Gasteiger partial charge in [0.2, 0.25) is 0 Å². The summed E-state index contributed by atoms with van der Waals surface area (Å²) in [5, 5.41) is 12.5. The molecule has 0 aliphatic carbocycles. The number of rotatable bonds is 13. The first-order chi connectivity index (χ1) is 19.6. The lowest BCUT2D eigenvalue weighted by Crippen LogP contribution is -2.43. The Balaban J connectivity index is 0.000000479. The van der Waals surface area contributed by atoms with Crippen molar-refractivity contribution in [3.05, 3.63) is 87.2 Å². The minimum absolute atomic E-state index is 0.205. The van der Waals surface area contributed by atoms with Gasteiger partial charge in [-0.25, -0.2) is 9.18 Å². The summed E-state index contributed by atoms with van der Waals surface area (Å²) in [4.78, 5) is 19.4. The zero-order valence-electron chi connectivity index (χ0n) is 26.1. The molecular formula is C34H50FN3O2S. The van der Waals surface area contributed by atoms with E-state index in [-0.39, 0.29) is 5.82 Å². The standard InChI is InChI=1S/C22H30FN3.C12H20O2S/c1-5-7-12-25-17(3)22(18(4)26-15-13-24-14-16-26)19(6-2)20-10-8-9-11-21(20)23;1-5-7-9(3)11(12(13)14)15-10(4)8-6-2/h6-12,24H,5,13-16H2,1-4H3;4-8H2,1-3H3,(H,13,14)/b12-7+,19-6-,22-18-,25-17+;11-9-. The van der Waals surface area contributed by atoms with Crippen molar-refractivity contribution in [1.29, 1.82) is 0 Å². The first-order valence-electron chi connectivity index (χ1n) is 14.7. The molecule has 1 saturated heterocycles. The molecule has 0 spiro atoms. The highest BCUT2D eigenvalue weighted by molar-refractivity contribution is 8.07. The Morgan fingerprint density at radius 2 is 1.76 bits per heavy atom. The minimum atomic E-state index is -0.830. The first kappa shape index (κ1) is 36.1. The number of piperazine rings is 1. The maximum Gasteiger partial charge on any atom is 0.342 e. The van der Waals surface area contributed by atoms with Crippen LogP contribution in [0.15, 0.2) is 80.8 Å². The lowest BCUT2D eigenvalue weighted by molar-refractivity contribution is -0.131. The van der Waals surface area contributed by atoms with Crippen molar-refractivity contribution in [1.82, 2.24) is 10.2 Å². The Hall–Kier alpha value is -2.90. The van der Waals surface area contributed by atoms with E-state index in [1.165, 1.54) is 17.8 Å². The van der Waals surface area contributed by atoms with Crippen LogP contribution in [0, 0.1) is 5.82 Å². The molecule has 1 fully saturated rings. The second kappa shape index (κ2) is 20.1. The van der Waals surface area contributed by atoms with E-state index in [4.69, 9.17) is 5.11 Å². The number of halogens is 1. The van der Waals surface area contributed by atoms with Crippen molar-refractivity contribution >= 4 is 29.0 Å². The third-order valence-corrected chi connectivity index (χ3v) is 7.85. The quantitative estimate of drug-likeness (QED) is 0.138. The Morgan fingerprint density at radius 1 is 1.12 bits per heavy atom. The van der Waals surface area contributed by atoms with Crippen molar-refractivity contribution in [2.75, 3.05) is 26.2 Å². The fourth-order valence-corrected chi connectivity index (χ4v) is 5.49. The highest BCUT2D eigenvalue weighted by Gasteiger charge is 2.21. The van der Waals surface area contributed by atoms with Crippen LogP contribution in [0.2, 0.25) is 0 Å². The first-order valence-corrected chi connectivity index (χ1v) is 15.5. The topological polar surface area (TPSA) is 64.9 Å². The molecule has 5 nitrogen and oxygen atoms in total. The number of carbonyl (C=O) groups is 1. The Morgan fingerprint density at radius 3 is 2.29 bits per heavy atom. The summed E-state index contributed by atoms with van der Waals surface area (Å²) in [5.74, 6) is -1.04. The van der Waals surface area contributed by atoms with Crippen molar-refractivity contribution in [3.8, 4) is 0 Å². The predicted molar refractivity (Wildman–Crippen MR) is 177 cm³/mol. The molecule has 1 aromatic carbocycles. The molecule has 1 aromatic rings. The highest BCUT2D eigenvalue weighted by Crippen LogP contribution is 2.32. The molecule has 0 radical (unpaired) electrons. The number of aliphatic imine (C=N–C) groups is 1. The lowest BCUT2D eigenvalue weighted by Gasteiger charge is -2.32. The Kier molecular flexibility index (Phi) is 17.7. The summed E-state index contributed by atoms with van der Waals surface area (Å²) in [5.41, 5.74) is 5.53. The van der Waals surface area contributed by atoms with Crippen LogP contribution >= 0.6 is 11.8 Å². The molecule has 0 aromatic heterocycles. The van der Waals surface area contributed by atoms with E-state index in [1.807, 2.05) is 51.3 Å². The van der Waals surface area contributed by atoms with Gasteiger partial charge in [0, 0.05) is 54.9 Å². The molecule has 0 saturated carbocycles. The number of carboxylic acid groups (broad SMARTS) is 1. The van der Waals surface area contributed by atoms with Gasteiger partial charge in [-0.1, -0.05) is 87.9 Å². The SMILES string of the molecule is C=C(CCC)S/C(C(=O)O)=C(/C)CCC.C\C=C(C(/C(C)=N/C=C/CC)=C(/C)N1CCNCC1)\c1ccccc1F. The van der Waals surface area contributed by atoms with Crippen LogP contribution in [0.4, 0.5) is 4.39 Å². The summed E-state index contributed by atoms with van der Waals surface area (Å²) >= 11 is 1.31. The van der Waals surface area contributed by atoms with Crippen molar-refractivity contribution < 1.29 is 14.3 Å². The summed E-state index contributed by atoms with van der Waals surface area (Å²) in [6, 6.07) is 6.96. The van der Waals surface area contributed by atoms with E-state index in [1.54, 1.807) is 6.07 Å². The number of hydrogen-bond acceptors (Lipinski definition) is 5. The number of hydrogen-bond donors (Lipinski definition) is 2. The number of aliphatic carboxylic acids is 1. The van der Waals surface area contributed by atoms with E-state index in [0.29, 0.717) is 10.5 Å². The zero-order valence-corrected chi connectivity index (χ0v) is 27.0. The largest absolute Gasteiger partial charge is 0.477 e. The summed E-state index contributed by atoms with van der Waals surface area (Å²) < 4.78 is 14.5. The molecule has 0 bridgehead atoms. The van der Waals surface area contributed by atoms with Crippen LogP contribution in [0.25, 0.3) is 5.57 Å². The van der Waals surface area contributed by atoms with Gasteiger partial charge in [-0.05, 0) is 63.5 Å². The molecule has 2 N–H and O–H groups in total. The molecule has 226 valence electrons. The van der Waals surface area contributed by atoms with Crippen molar-refractivity contribution in [3.63, 3.8) is 0 Å². The number of nitrogens with zero attached hydrogens (tertiary/aromatic N) is 2. The molecule has 1 aliphatic heterocycles. The van der Waals surface area contributed by atoms with Crippen LogP contribution in [-0.2, 0) is 4.79 Å². The molecule has 0 atom stereocenters. The second-order valence-corrected chi connectivity index (χ2v) is 11.1. The number of allylic oxidation sites excluding steroid dienone is 7. The second-order valence-electron chi connectivity index (χ2n) is 9.94. The summed E-state index contributed by atoms with van der Waals surface area (Å²) in [6.07, 6.45) is 10.5. The molecular weight excluding hydrogens is 533 g/mol. The van der Waals surface area contributed by atoms with Crippen molar-refractivity contribution in [2.24, 2.45) is 4.99 Å². The van der Waals surface area contributed by atoms with Crippen LogP contribution in [0.1, 0.15) is 86.1 Å². The van der Waals surface area contributed by atoms with Crippen LogP contribution < -0.4 is 5.32 Å². The van der Waals surface area contributed by atoms with E-state index < -0.39 is 5.97 Å². The number of nitrogens with one attached hydrogen (secondary N) is 1. The third kappa shape index (κ3) is 12.2. The van der Waals surface area contributed by atoms with Gasteiger partial charge in [-0.3, -0.25) is 4.99 Å². The minimum Gasteiger partial charge on any atom is -0.477 e. The van der Waals surface area contributed by atoms with Crippen LogP contribution in [0.3, 0.4) is 0 Å². The molecule has 1 aliphatic rings. The normalized spacial score (nSPS) is 15.7. The number of thioether (sulfide) groups is 1. The zero-order chi connectivity index (χ0) is 30.8. The number of carboxylic acids is 1. The third-order valence-electron chi connectivity index (χ3n) is 6.63. The fraction of sp³-hybridized carbons (Fsp3) is 0.471. The van der Waals surface area contributed by atoms with E-state index in [2.05, 4.69) is 49.5 Å². The lowest BCUT2D eigenvalue weighted by atomic mass is 9.92.